The number of nitrogens with one attached hydrogen (secondary N) is 1. The fourth-order valence-corrected chi connectivity index (χ4v) is 5.35. The van der Waals surface area contributed by atoms with E-state index in [1.165, 1.54) is 12.1 Å². The minimum atomic E-state index is -5.64. The molecule has 3 atom stereocenters. The maximum Gasteiger partial charge on any atom is 0.458 e. The van der Waals surface area contributed by atoms with E-state index in [2.05, 4.69) is 24.7 Å². The van der Waals surface area contributed by atoms with Crippen LogP contribution in [0.3, 0.4) is 0 Å². The fraction of sp³-hybridized carbons (Fsp3) is 0.385. The molecule has 0 saturated carbocycles. The Labute approximate surface area is 242 Å². The van der Waals surface area contributed by atoms with E-state index in [9.17, 15) is 35.8 Å². The first-order chi connectivity index (χ1) is 19.9. The number of rotatable bonds is 6. The van der Waals surface area contributed by atoms with Crippen LogP contribution in [0.2, 0.25) is 0 Å². The first kappa shape index (κ1) is 31.9. The second kappa shape index (κ2) is 11.6. The molecule has 10 nitrogen and oxygen atoms in total. The van der Waals surface area contributed by atoms with E-state index in [0.717, 1.165) is 29.2 Å². The predicted octanol–water partition coefficient (Wildman–Crippen LogP) is 4.89. The van der Waals surface area contributed by atoms with Gasteiger partial charge < -0.3 is 24.2 Å². The Morgan fingerprint density at radius 3 is 2.37 bits per heavy atom. The van der Waals surface area contributed by atoms with Gasteiger partial charge in [-0.1, -0.05) is 17.3 Å². The van der Waals surface area contributed by atoms with E-state index in [-0.39, 0.29) is 17.1 Å². The number of amides is 2. The number of carbonyl (C=O) groups is 2. The third-order valence-corrected chi connectivity index (χ3v) is 7.45. The number of benzene rings is 2. The van der Waals surface area contributed by atoms with Gasteiger partial charge in [0.15, 0.2) is 0 Å². The van der Waals surface area contributed by atoms with Crippen molar-refractivity contribution in [2.45, 2.75) is 55.9 Å². The van der Waals surface area contributed by atoms with Crippen LogP contribution in [0, 0.1) is 11.6 Å². The lowest BCUT2D eigenvalue weighted by atomic mass is 10.1. The van der Waals surface area contributed by atoms with Gasteiger partial charge in [-0.15, -0.1) is 0 Å². The van der Waals surface area contributed by atoms with Gasteiger partial charge in [-0.05, 0) is 50.6 Å². The van der Waals surface area contributed by atoms with Crippen LogP contribution < -0.4 is 10.2 Å². The van der Waals surface area contributed by atoms with Crippen molar-refractivity contribution in [3.8, 4) is 11.4 Å². The summed E-state index contributed by atoms with van der Waals surface area (Å²) in [5.74, 6) is -10.1. The van der Waals surface area contributed by atoms with E-state index < -0.39 is 81.1 Å². The van der Waals surface area contributed by atoms with Crippen molar-refractivity contribution in [3.63, 3.8) is 0 Å². The zero-order valence-electron chi connectivity index (χ0n) is 22.9. The summed E-state index contributed by atoms with van der Waals surface area (Å²) in [5, 5.41) is 5.61. The summed E-state index contributed by atoms with van der Waals surface area (Å²) < 4.78 is 110. The average molecular weight is 635 g/mol. The Balaban J connectivity index is 1.81. The van der Waals surface area contributed by atoms with E-state index >= 15 is 4.39 Å². The number of anilines is 1. The topological polar surface area (TPSA) is 124 Å². The number of nitrogens with zero attached hydrogens (tertiary/aromatic N) is 3. The molecule has 1 aromatic heterocycles. The number of ether oxygens (including phenoxy) is 2. The molecule has 2 amide bonds. The molecule has 232 valence electrons. The summed E-state index contributed by atoms with van der Waals surface area (Å²) >= 11 is 0. The highest BCUT2D eigenvalue weighted by Gasteiger charge is 2.63. The van der Waals surface area contributed by atoms with Gasteiger partial charge in [0, 0.05) is 7.11 Å². The molecule has 2 aromatic carbocycles. The fourth-order valence-electron chi connectivity index (χ4n) is 4.00. The minimum Gasteiger partial charge on any atom is -0.444 e. The molecule has 0 radical (unpaired) electrons. The third kappa shape index (κ3) is 6.66. The Morgan fingerprint density at radius 2 is 1.79 bits per heavy atom. The Bertz CT molecular complexity index is 1560. The molecule has 0 fully saturated rings. The zero-order chi connectivity index (χ0) is 31.9. The normalized spacial score (nSPS) is 18.9. The van der Waals surface area contributed by atoms with Crippen LogP contribution in [0.15, 0.2) is 45.8 Å². The lowest BCUT2D eigenvalue weighted by Crippen LogP contribution is -2.51. The van der Waals surface area contributed by atoms with Gasteiger partial charge in [0.1, 0.15) is 23.3 Å². The SMILES string of the molecule is COC(F)(c1nc(-c2cc3c(cc2F)S(=O)C[C@H](NC(=O)OC(C)(C)C)C(=O)N3Cc2ccc(F)cc2)no1)C(F)(F)F. The summed E-state index contributed by atoms with van der Waals surface area (Å²) in [6.07, 6.45) is -6.64. The van der Waals surface area contributed by atoms with Crippen molar-refractivity contribution < 1.29 is 54.1 Å². The summed E-state index contributed by atoms with van der Waals surface area (Å²) in [4.78, 5) is 30.4. The second-order valence-corrected chi connectivity index (χ2v) is 11.7. The van der Waals surface area contributed by atoms with E-state index in [1.54, 1.807) is 20.8 Å². The summed E-state index contributed by atoms with van der Waals surface area (Å²) in [5.41, 5.74) is -1.41. The van der Waals surface area contributed by atoms with Crippen molar-refractivity contribution in [1.82, 2.24) is 15.5 Å². The van der Waals surface area contributed by atoms with Gasteiger partial charge in [0.2, 0.25) is 5.82 Å². The lowest BCUT2D eigenvalue weighted by molar-refractivity contribution is -0.342. The van der Waals surface area contributed by atoms with Crippen LogP contribution >= 0.6 is 0 Å². The van der Waals surface area contributed by atoms with Crippen molar-refractivity contribution in [1.29, 1.82) is 0 Å². The summed E-state index contributed by atoms with van der Waals surface area (Å²) in [6, 6.07) is 5.16. The highest BCUT2D eigenvalue weighted by Crippen LogP contribution is 2.43. The molecule has 1 N–H and O–H groups in total. The van der Waals surface area contributed by atoms with Crippen LogP contribution in [0.25, 0.3) is 11.4 Å². The van der Waals surface area contributed by atoms with Gasteiger partial charge >= 0.3 is 24.0 Å². The van der Waals surface area contributed by atoms with Crippen molar-refractivity contribution >= 4 is 28.5 Å². The predicted molar refractivity (Wildman–Crippen MR) is 138 cm³/mol. The molecule has 2 unspecified atom stereocenters. The molecule has 43 heavy (non-hydrogen) atoms. The van der Waals surface area contributed by atoms with Crippen molar-refractivity contribution in [2.24, 2.45) is 0 Å². The molecular formula is C26H24F6N4O6S. The summed E-state index contributed by atoms with van der Waals surface area (Å²) in [7, 11) is -1.71. The number of alkyl halides is 4. The molecule has 2 heterocycles. The first-order valence-corrected chi connectivity index (χ1v) is 13.7. The van der Waals surface area contributed by atoms with E-state index in [0.29, 0.717) is 12.7 Å². The largest absolute Gasteiger partial charge is 0.458 e. The molecule has 4 rings (SSSR count). The molecule has 17 heteroatoms. The maximum absolute atomic E-state index is 15.3. The maximum atomic E-state index is 15.3. The van der Waals surface area contributed by atoms with E-state index in [1.807, 2.05) is 0 Å². The Kier molecular flexibility index (Phi) is 8.61. The zero-order valence-corrected chi connectivity index (χ0v) is 23.7. The van der Waals surface area contributed by atoms with Gasteiger partial charge in [-0.3, -0.25) is 9.00 Å². The Hall–Kier alpha value is -3.99. The van der Waals surface area contributed by atoms with Crippen LogP contribution in [0.5, 0.6) is 0 Å². The van der Waals surface area contributed by atoms with Gasteiger partial charge in [0.05, 0.1) is 39.2 Å². The molecular weight excluding hydrogens is 610 g/mol. The smallest absolute Gasteiger partial charge is 0.444 e. The number of halogens is 6. The standard InChI is InChI=1S/C26H24F6N4O6S/c1-24(2,3)41-23(38)33-17-12-43(39)19-10-16(28)15(20-34-22(42-35-20)25(29,40-4)26(30,31)32)9-18(19)36(21(17)37)11-13-5-7-14(27)8-6-13/h5-10,17H,11-12H2,1-4H3,(H,33,38)/t17-,25?,43?/m0/s1. The molecule has 1 aliphatic heterocycles. The first-order valence-electron chi connectivity index (χ1n) is 12.4. The van der Waals surface area contributed by atoms with Crippen LogP contribution in [0.4, 0.5) is 36.8 Å². The van der Waals surface area contributed by atoms with Crippen LogP contribution in [0.1, 0.15) is 32.2 Å². The summed E-state index contributed by atoms with van der Waals surface area (Å²) in [6.45, 7) is 4.44. The number of fused-ring (bicyclic) bond motifs is 1. The van der Waals surface area contributed by atoms with Crippen molar-refractivity contribution in [2.75, 3.05) is 17.8 Å². The average Bonchev–Trinajstić information content (AvgIpc) is 3.37. The van der Waals surface area contributed by atoms with Gasteiger partial charge in [-0.25, -0.2) is 13.6 Å². The minimum absolute atomic E-state index is 0.196. The van der Waals surface area contributed by atoms with Crippen LogP contribution in [-0.4, -0.2) is 57.0 Å². The van der Waals surface area contributed by atoms with Gasteiger partial charge in [-0.2, -0.15) is 22.5 Å². The van der Waals surface area contributed by atoms with Crippen molar-refractivity contribution in [3.05, 3.63) is 59.5 Å². The highest BCUT2D eigenvalue weighted by molar-refractivity contribution is 7.85. The molecule has 0 spiro atoms. The number of alkyl carbamates (subject to hydrolysis) is 1. The number of aromatic nitrogens is 2. The Morgan fingerprint density at radius 1 is 1.14 bits per heavy atom. The number of methoxy groups -OCH3 is 1. The monoisotopic (exact) mass is 634 g/mol. The highest BCUT2D eigenvalue weighted by atomic mass is 32.2. The number of hydrogen-bond donors (Lipinski definition) is 1. The third-order valence-electron chi connectivity index (χ3n) is 6.00. The molecule has 0 aliphatic carbocycles. The molecule has 1 aliphatic rings. The second-order valence-electron chi connectivity index (χ2n) is 10.3. The van der Waals surface area contributed by atoms with Gasteiger partial charge in [0.25, 0.3) is 5.91 Å². The number of hydrogen-bond acceptors (Lipinski definition) is 8. The molecule has 0 saturated heterocycles. The van der Waals surface area contributed by atoms with E-state index in [4.69, 9.17) is 4.74 Å². The lowest BCUT2D eigenvalue weighted by Gasteiger charge is -2.27. The van der Waals surface area contributed by atoms with Crippen LogP contribution in [-0.2, 0) is 37.5 Å². The molecule has 0 bridgehead atoms. The quantitative estimate of drug-likeness (QED) is 0.380. The molecule has 3 aromatic rings. The number of carbonyl (C=O) groups excluding carboxylic acids is 2.